The zero-order chi connectivity index (χ0) is 29.0. The maximum Gasteiger partial charge on any atom is 0.418 e. The Bertz CT molecular complexity index is 1340. The number of carbonyl (C=O) groups excluding carboxylic acids is 1. The molecule has 5 rings (SSSR count). The van der Waals surface area contributed by atoms with Crippen molar-refractivity contribution < 1.29 is 22.7 Å². The van der Waals surface area contributed by atoms with E-state index in [9.17, 15) is 18.0 Å². The summed E-state index contributed by atoms with van der Waals surface area (Å²) in [4.78, 5) is 21.0. The number of amides is 2. The summed E-state index contributed by atoms with van der Waals surface area (Å²) in [6.07, 6.45) is 2.11. The summed E-state index contributed by atoms with van der Waals surface area (Å²) in [5.74, 6) is 0.685. The van der Waals surface area contributed by atoms with Crippen LogP contribution in [0.2, 0.25) is 0 Å². The Morgan fingerprint density at radius 3 is 2.32 bits per heavy atom. The Morgan fingerprint density at radius 1 is 0.951 bits per heavy atom. The first kappa shape index (κ1) is 28.8. The number of halogens is 3. The minimum Gasteiger partial charge on any atom is -0.489 e. The lowest BCUT2D eigenvalue weighted by Gasteiger charge is -2.36. The molecule has 3 aromatic rings. The molecule has 1 atom stereocenters. The maximum atomic E-state index is 13.2. The topological polar surface area (TPSA) is 95.8 Å². The van der Waals surface area contributed by atoms with E-state index in [1.807, 2.05) is 30.3 Å². The van der Waals surface area contributed by atoms with Gasteiger partial charge in [0.05, 0.1) is 29.7 Å². The molecule has 2 heterocycles. The Kier molecular flexibility index (Phi) is 8.73. The average Bonchev–Trinajstić information content (AvgIpc) is 2.96. The molecule has 0 radical (unpaired) electrons. The van der Waals surface area contributed by atoms with Gasteiger partial charge in [-0.2, -0.15) is 13.2 Å². The fourth-order valence-corrected chi connectivity index (χ4v) is 5.42. The molecule has 1 aliphatic carbocycles. The summed E-state index contributed by atoms with van der Waals surface area (Å²) in [6, 6.07) is 13.5. The summed E-state index contributed by atoms with van der Waals surface area (Å²) in [5, 5.41) is 7.23. The zero-order valence-electron chi connectivity index (χ0n) is 22.5. The Labute approximate surface area is 239 Å². The van der Waals surface area contributed by atoms with Gasteiger partial charge >= 0.3 is 12.2 Å². The van der Waals surface area contributed by atoms with Crippen LogP contribution < -0.4 is 31.3 Å². The number of hydrogen-bond donors (Lipinski definition) is 3. The maximum absolute atomic E-state index is 13.2. The van der Waals surface area contributed by atoms with Crippen LogP contribution in [-0.2, 0) is 6.18 Å². The SMILES string of the molecule is Nc1ccc(NC2CCC(Oc3cncc(N4CCN(C(=O)Nc5ccc(P)cc5)CC4)c3)CC2)cc1C(F)(F)F. The van der Waals surface area contributed by atoms with Crippen molar-refractivity contribution in [3.05, 3.63) is 66.5 Å². The van der Waals surface area contributed by atoms with Crippen molar-refractivity contribution in [1.29, 1.82) is 0 Å². The van der Waals surface area contributed by atoms with Gasteiger partial charge in [0, 0.05) is 55.3 Å². The first-order valence-corrected chi connectivity index (χ1v) is 14.2. The number of ether oxygens (including phenoxy) is 1. The number of nitrogen functional groups attached to an aromatic ring is 1. The fraction of sp³-hybridized carbons (Fsp3) is 0.379. The van der Waals surface area contributed by atoms with Crippen molar-refractivity contribution in [1.82, 2.24) is 9.88 Å². The van der Waals surface area contributed by atoms with Gasteiger partial charge in [-0.05, 0) is 61.3 Å². The van der Waals surface area contributed by atoms with Crippen LogP contribution in [0.1, 0.15) is 31.2 Å². The third-order valence-corrected chi connectivity index (χ3v) is 7.88. The normalized spacial score (nSPS) is 19.5. The van der Waals surface area contributed by atoms with Crippen molar-refractivity contribution in [2.75, 3.05) is 47.4 Å². The van der Waals surface area contributed by atoms with Crippen LogP contribution in [0.3, 0.4) is 0 Å². The number of alkyl halides is 3. The monoisotopic (exact) mass is 586 g/mol. The molecule has 0 spiro atoms. The second-order valence-electron chi connectivity index (χ2n) is 10.4. The van der Waals surface area contributed by atoms with Gasteiger partial charge in [-0.3, -0.25) is 4.98 Å². The number of nitrogens with one attached hydrogen (secondary N) is 2. The van der Waals surface area contributed by atoms with E-state index in [1.54, 1.807) is 23.4 Å². The smallest absolute Gasteiger partial charge is 0.418 e. The largest absolute Gasteiger partial charge is 0.489 e. The molecule has 1 aliphatic heterocycles. The average molecular weight is 587 g/mol. The van der Waals surface area contributed by atoms with Crippen LogP contribution in [0.4, 0.5) is 40.7 Å². The molecular weight excluding hydrogens is 552 g/mol. The molecule has 0 bridgehead atoms. The molecule has 4 N–H and O–H groups in total. The summed E-state index contributed by atoms with van der Waals surface area (Å²) in [7, 11) is 2.62. The first-order valence-electron chi connectivity index (χ1n) is 13.7. The van der Waals surface area contributed by atoms with E-state index in [0.717, 1.165) is 48.4 Å². The molecule has 41 heavy (non-hydrogen) atoms. The van der Waals surface area contributed by atoms with Crippen LogP contribution in [0, 0.1) is 0 Å². The van der Waals surface area contributed by atoms with Crippen molar-refractivity contribution in [2.45, 2.75) is 44.0 Å². The number of nitrogens with two attached hydrogens (primary N) is 1. The number of benzene rings is 2. The van der Waals surface area contributed by atoms with Gasteiger partial charge in [0.2, 0.25) is 0 Å². The number of rotatable bonds is 6. The van der Waals surface area contributed by atoms with Crippen LogP contribution >= 0.6 is 9.24 Å². The summed E-state index contributed by atoms with van der Waals surface area (Å²) >= 11 is 0. The van der Waals surface area contributed by atoms with Crippen LogP contribution in [-0.4, -0.2) is 54.2 Å². The molecule has 2 aliphatic rings. The van der Waals surface area contributed by atoms with Gasteiger partial charge in [0.25, 0.3) is 0 Å². The molecule has 1 unspecified atom stereocenters. The second-order valence-corrected chi connectivity index (χ2v) is 11.1. The molecule has 1 aromatic heterocycles. The lowest BCUT2D eigenvalue weighted by Crippen LogP contribution is -2.50. The lowest BCUT2D eigenvalue weighted by molar-refractivity contribution is -0.136. The number of piperazine rings is 1. The predicted octanol–water partition coefficient (Wildman–Crippen LogP) is 5.34. The van der Waals surface area contributed by atoms with Crippen LogP contribution in [0.15, 0.2) is 60.9 Å². The Morgan fingerprint density at radius 2 is 1.63 bits per heavy atom. The van der Waals surface area contributed by atoms with Crippen LogP contribution in [0.5, 0.6) is 5.75 Å². The summed E-state index contributed by atoms with van der Waals surface area (Å²) in [6.45, 7) is 2.55. The highest BCUT2D eigenvalue weighted by atomic mass is 31.0. The second kappa shape index (κ2) is 12.4. The summed E-state index contributed by atoms with van der Waals surface area (Å²) < 4.78 is 45.8. The quantitative estimate of drug-likeness (QED) is 0.267. The number of carbonyl (C=O) groups is 1. The zero-order valence-corrected chi connectivity index (χ0v) is 23.7. The van der Waals surface area contributed by atoms with E-state index in [1.165, 1.54) is 6.07 Å². The van der Waals surface area contributed by atoms with Gasteiger partial charge in [-0.25, -0.2) is 4.79 Å². The fourth-order valence-electron chi connectivity index (χ4n) is 5.23. The molecule has 1 saturated heterocycles. The molecule has 2 aromatic carbocycles. The number of urea groups is 1. The highest BCUT2D eigenvalue weighted by Gasteiger charge is 2.33. The van der Waals surface area contributed by atoms with Gasteiger partial charge in [-0.1, -0.05) is 12.1 Å². The van der Waals surface area contributed by atoms with Gasteiger partial charge < -0.3 is 30.9 Å². The molecule has 8 nitrogen and oxygen atoms in total. The number of hydrogen-bond acceptors (Lipinski definition) is 6. The Hall–Kier alpha value is -3.72. The molecular formula is C29H34F3N6O2P. The molecule has 12 heteroatoms. The van der Waals surface area contributed by atoms with Crippen molar-refractivity contribution in [3.8, 4) is 5.75 Å². The number of nitrogens with zero attached hydrogens (tertiary/aromatic N) is 3. The van der Waals surface area contributed by atoms with E-state index in [4.69, 9.17) is 10.5 Å². The lowest BCUT2D eigenvalue weighted by atomic mass is 9.92. The van der Waals surface area contributed by atoms with E-state index in [-0.39, 0.29) is 23.9 Å². The molecule has 218 valence electrons. The highest BCUT2D eigenvalue weighted by Crippen LogP contribution is 2.36. The number of anilines is 4. The third-order valence-electron chi connectivity index (χ3n) is 7.50. The van der Waals surface area contributed by atoms with E-state index in [2.05, 4.69) is 29.8 Å². The first-order chi connectivity index (χ1) is 19.6. The minimum atomic E-state index is -4.49. The minimum absolute atomic E-state index is 0.00293. The standard InChI is InChI=1S/C29H34F3N6O2P/c30-29(31,32)26-15-21(5-10-27(26)33)35-19-1-6-23(7-2-19)40-24-16-22(17-34-18-24)37-11-13-38(14-12-37)28(39)36-20-3-8-25(41)9-4-20/h3-5,8-10,15-19,23,35H,1-2,6-7,11-14,33,41H2,(H,36,39). The van der Waals surface area contributed by atoms with Crippen LogP contribution in [0.25, 0.3) is 0 Å². The van der Waals surface area contributed by atoms with Gasteiger partial charge in [-0.15, -0.1) is 9.24 Å². The molecule has 1 saturated carbocycles. The van der Waals surface area contributed by atoms with Crippen molar-refractivity contribution in [2.24, 2.45) is 0 Å². The Balaban J connectivity index is 1.09. The summed E-state index contributed by atoms with van der Waals surface area (Å²) in [5.41, 5.74) is 6.54. The number of pyridine rings is 1. The predicted molar refractivity (Wildman–Crippen MR) is 159 cm³/mol. The van der Waals surface area contributed by atoms with Crippen molar-refractivity contribution in [3.63, 3.8) is 0 Å². The van der Waals surface area contributed by atoms with E-state index >= 15 is 0 Å². The third kappa shape index (κ3) is 7.52. The molecule has 2 fully saturated rings. The van der Waals surface area contributed by atoms with Crippen molar-refractivity contribution >= 4 is 43.3 Å². The highest BCUT2D eigenvalue weighted by molar-refractivity contribution is 7.27. The van der Waals surface area contributed by atoms with Gasteiger partial charge in [0.1, 0.15) is 5.75 Å². The van der Waals surface area contributed by atoms with E-state index in [0.29, 0.717) is 37.6 Å². The van der Waals surface area contributed by atoms with E-state index < -0.39 is 11.7 Å². The van der Waals surface area contributed by atoms with Gasteiger partial charge in [0.15, 0.2) is 0 Å². The number of aromatic nitrogens is 1. The molecule has 2 amide bonds.